The van der Waals surface area contributed by atoms with Gasteiger partial charge in [-0.2, -0.15) is 0 Å². The molecule has 1 heterocycles. The molecule has 0 bridgehead atoms. The standard InChI is InChI=1S/C16H20ClN5OS/c1-3-13(17)15(14(10-20-11-23)21-8-7-19-2)24-16-12(9-18)5-4-6-22-16/h3-8,11,14H,1,9-10,18H2,2H3,(H,20,23)/b15-13-,19-7-,21-8-. The Bertz CT molecular complexity index is 645. The van der Waals surface area contributed by atoms with Crippen molar-refractivity contribution in [3.63, 3.8) is 0 Å². The molecule has 24 heavy (non-hydrogen) atoms. The van der Waals surface area contributed by atoms with Crippen LogP contribution < -0.4 is 11.1 Å². The average molecular weight is 366 g/mol. The highest BCUT2D eigenvalue weighted by Gasteiger charge is 2.19. The van der Waals surface area contributed by atoms with E-state index in [1.807, 2.05) is 12.1 Å². The Kier molecular flexibility index (Phi) is 9.67. The summed E-state index contributed by atoms with van der Waals surface area (Å²) in [7, 11) is 1.65. The Balaban J connectivity index is 3.21. The molecule has 3 N–H and O–H groups in total. The number of rotatable bonds is 10. The summed E-state index contributed by atoms with van der Waals surface area (Å²) in [6, 6.07) is 3.34. The molecule has 0 fully saturated rings. The lowest BCUT2D eigenvalue weighted by Crippen LogP contribution is -2.26. The maximum absolute atomic E-state index is 10.7. The zero-order valence-electron chi connectivity index (χ0n) is 13.4. The lowest BCUT2D eigenvalue weighted by Gasteiger charge is -2.17. The smallest absolute Gasteiger partial charge is 0.207 e. The minimum Gasteiger partial charge on any atom is -0.356 e. The fraction of sp³-hybridized carbons (Fsp3) is 0.250. The second kappa shape index (κ2) is 11.6. The summed E-state index contributed by atoms with van der Waals surface area (Å²) in [6.45, 7) is 4.35. The van der Waals surface area contributed by atoms with Crippen LogP contribution in [0, 0.1) is 0 Å². The lowest BCUT2D eigenvalue weighted by molar-refractivity contribution is -0.109. The molecule has 0 spiro atoms. The first-order chi connectivity index (χ1) is 11.7. The van der Waals surface area contributed by atoms with Gasteiger partial charge in [-0.1, -0.05) is 36.0 Å². The van der Waals surface area contributed by atoms with Crippen LogP contribution in [-0.2, 0) is 11.3 Å². The van der Waals surface area contributed by atoms with Gasteiger partial charge in [0.05, 0.1) is 11.1 Å². The third-order valence-corrected chi connectivity index (χ3v) is 4.61. The first-order valence-corrected chi connectivity index (χ1v) is 8.32. The zero-order valence-corrected chi connectivity index (χ0v) is 14.9. The number of nitrogens with zero attached hydrogens (tertiary/aromatic N) is 3. The molecule has 1 rings (SSSR count). The highest BCUT2D eigenvalue weighted by Crippen LogP contribution is 2.34. The molecule has 1 aromatic rings. The molecule has 0 aromatic carbocycles. The number of aliphatic imine (C=N–C) groups is 2. The Hall–Kier alpha value is -1.96. The summed E-state index contributed by atoms with van der Waals surface area (Å²) in [5.41, 5.74) is 6.66. The topological polar surface area (TPSA) is 92.7 Å². The number of hydrogen-bond acceptors (Lipinski definition) is 6. The van der Waals surface area contributed by atoms with Crippen LogP contribution in [0.25, 0.3) is 0 Å². The molecule has 1 amide bonds. The van der Waals surface area contributed by atoms with Crippen LogP contribution in [0.5, 0.6) is 0 Å². The van der Waals surface area contributed by atoms with Gasteiger partial charge in [-0.15, -0.1) is 0 Å². The number of nitrogens with two attached hydrogens (primary N) is 1. The Morgan fingerprint density at radius 2 is 2.38 bits per heavy atom. The quantitative estimate of drug-likeness (QED) is 0.287. The number of nitrogens with one attached hydrogen (secondary N) is 1. The van der Waals surface area contributed by atoms with Gasteiger partial charge in [0.2, 0.25) is 6.41 Å². The monoisotopic (exact) mass is 365 g/mol. The summed E-state index contributed by atoms with van der Waals surface area (Å²) in [5.74, 6) is 0. The number of allylic oxidation sites excluding steroid dienone is 2. The van der Waals surface area contributed by atoms with Crippen LogP contribution in [0.4, 0.5) is 0 Å². The van der Waals surface area contributed by atoms with Crippen molar-refractivity contribution in [2.45, 2.75) is 17.6 Å². The summed E-state index contributed by atoms with van der Waals surface area (Å²) in [4.78, 5) is 24.0. The number of halogens is 1. The Labute approximate surface area is 151 Å². The fourth-order valence-corrected chi connectivity index (χ4v) is 3.04. The average Bonchev–Trinajstić information content (AvgIpc) is 2.62. The second-order valence-corrected chi connectivity index (χ2v) is 5.88. The van der Waals surface area contributed by atoms with Gasteiger partial charge in [-0.05, 0) is 17.7 Å². The van der Waals surface area contributed by atoms with E-state index in [0.717, 1.165) is 15.5 Å². The molecule has 0 aliphatic rings. The number of carbonyl (C=O) groups excluding carboxylic acids is 1. The van der Waals surface area contributed by atoms with E-state index >= 15 is 0 Å². The molecule has 1 atom stereocenters. The Morgan fingerprint density at radius 3 is 3.00 bits per heavy atom. The van der Waals surface area contributed by atoms with Gasteiger partial charge in [-0.25, -0.2) is 4.98 Å². The van der Waals surface area contributed by atoms with Crippen LogP contribution >= 0.6 is 23.4 Å². The minimum atomic E-state index is -0.392. The predicted molar refractivity (Wildman–Crippen MR) is 102 cm³/mol. The van der Waals surface area contributed by atoms with Crippen LogP contribution in [0.15, 0.2) is 55.9 Å². The number of hydrogen-bond donors (Lipinski definition) is 2. The van der Waals surface area contributed by atoms with Crippen molar-refractivity contribution in [2.75, 3.05) is 13.6 Å². The second-order valence-electron chi connectivity index (χ2n) is 4.44. The number of aromatic nitrogens is 1. The van der Waals surface area contributed by atoms with Crippen LogP contribution in [0.1, 0.15) is 5.56 Å². The summed E-state index contributed by atoms with van der Waals surface area (Å²) < 4.78 is 0. The van der Waals surface area contributed by atoms with Crippen molar-refractivity contribution in [1.29, 1.82) is 0 Å². The third-order valence-electron chi connectivity index (χ3n) is 2.87. The number of amides is 1. The molecule has 0 saturated heterocycles. The predicted octanol–water partition coefficient (Wildman–Crippen LogP) is 2.15. The van der Waals surface area contributed by atoms with Crippen molar-refractivity contribution in [3.05, 3.63) is 46.5 Å². The third kappa shape index (κ3) is 6.27. The number of pyridine rings is 1. The van der Waals surface area contributed by atoms with Crippen LogP contribution in [0.3, 0.4) is 0 Å². The fourth-order valence-electron chi connectivity index (χ4n) is 1.73. The highest BCUT2D eigenvalue weighted by molar-refractivity contribution is 8.03. The first-order valence-electron chi connectivity index (χ1n) is 7.12. The van der Waals surface area contributed by atoms with Crippen molar-refractivity contribution >= 4 is 42.2 Å². The van der Waals surface area contributed by atoms with Crippen LogP contribution in [-0.4, -0.2) is 43.5 Å². The normalized spacial score (nSPS) is 13.8. The van der Waals surface area contributed by atoms with Crippen molar-refractivity contribution in [1.82, 2.24) is 10.3 Å². The molecule has 1 unspecified atom stereocenters. The van der Waals surface area contributed by atoms with E-state index in [-0.39, 0.29) is 6.54 Å². The van der Waals surface area contributed by atoms with Gasteiger partial charge in [0.1, 0.15) is 5.03 Å². The highest BCUT2D eigenvalue weighted by atomic mass is 35.5. The summed E-state index contributed by atoms with van der Waals surface area (Å²) in [6.07, 6.45) is 6.96. The minimum absolute atomic E-state index is 0.286. The van der Waals surface area contributed by atoms with E-state index in [1.165, 1.54) is 17.8 Å². The van der Waals surface area contributed by atoms with E-state index in [0.29, 0.717) is 18.0 Å². The first kappa shape index (κ1) is 20.1. The molecule has 6 nitrogen and oxygen atoms in total. The van der Waals surface area contributed by atoms with Gasteiger partial charge >= 0.3 is 0 Å². The molecular formula is C16H20ClN5OS. The molecule has 0 radical (unpaired) electrons. The molecular weight excluding hydrogens is 346 g/mol. The van der Waals surface area contributed by atoms with E-state index in [9.17, 15) is 4.79 Å². The summed E-state index contributed by atoms with van der Waals surface area (Å²) >= 11 is 7.68. The lowest BCUT2D eigenvalue weighted by atomic mass is 10.2. The van der Waals surface area contributed by atoms with Gasteiger partial charge in [0.25, 0.3) is 0 Å². The number of thioether (sulfide) groups is 1. The molecule has 128 valence electrons. The van der Waals surface area contributed by atoms with E-state index in [1.54, 1.807) is 25.7 Å². The maximum Gasteiger partial charge on any atom is 0.207 e. The SMILES string of the molecule is C=C/C(Cl)=C(/Sc1ncccc1CN)C(CNC=O)/N=C\C=N/C. The number of carbonyl (C=O) groups is 1. The summed E-state index contributed by atoms with van der Waals surface area (Å²) in [5, 5.41) is 3.81. The molecule has 0 aliphatic carbocycles. The molecule has 1 aromatic heterocycles. The van der Waals surface area contributed by atoms with E-state index in [4.69, 9.17) is 17.3 Å². The molecule has 0 saturated carbocycles. The van der Waals surface area contributed by atoms with Gasteiger partial charge in [-0.3, -0.25) is 14.8 Å². The van der Waals surface area contributed by atoms with Crippen molar-refractivity contribution in [3.8, 4) is 0 Å². The largest absolute Gasteiger partial charge is 0.356 e. The van der Waals surface area contributed by atoms with Gasteiger partial charge in [0.15, 0.2) is 0 Å². The Morgan fingerprint density at radius 1 is 1.58 bits per heavy atom. The van der Waals surface area contributed by atoms with Crippen molar-refractivity contribution < 1.29 is 4.79 Å². The molecule has 8 heteroatoms. The van der Waals surface area contributed by atoms with E-state index in [2.05, 4.69) is 26.9 Å². The van der Waals surface area contributed by atoms with Crippen LogP contribution in [0.2, 0.25) is 0 Å². The van der Waals surface area contributed by atoms with Gasteiger partial charge in [0, 0.05) is 43.7 Å². The maximum atomic E-state index is 10.7. The zero-order chi connectivity index (χ0) is 17.8. The van der Waals surface area contributed by atoms with E-state index < -0.39 is 6.04 Å². The molecule has 0 aliphatic heterocycles. The van der Waals surface area contributed by atoms with Crippen molar-refractivity contribution in [2.24, 2.45) is 15.7 Å². The van der Waals surface area contributed by atoms with Gasteiger partial charge < -0.3 is 11.1 Å².